The Morgan fingerprint density at radius 3 is 3.06 bits per heavy atom. The SMILES string of the molecule is O=C(O)C1CC1c1ccc2c(c1)CCCO2. The first-order valence-corrected chi connectivity index (χ1v) is 5.74. The van der Waals surface area contributed by atoms with Gasteiger partial charge in [-0.3, -0.25) is 4.79 Å². The summed E-state index contributed by atoms with van der Waals surface area (Å²) in [4.78, 5) is 10.8. The van der Waals surface area contributed by atoms with E-state index in [1.165, 1.54) is 5.56 Å². The summed E-state index contributed by atoms with van der Waals surface area (Å²) in [7, 11) is 0. The number of aliphatic carboxylic acids is 1. The maximum absolute atomic E-state index is 10.8. The zero-order valence-corrected chi connectivity index (χ0v) is 8.98. The highest BCUT2D eigenvalue weighted by Crippen LogP contribution is 2.48. The Morgan fingerprint density at radius 1 is 1.44 bits per heavy atom. The number of fused-ring (bicyclic) bond motifs is 1. The molecule has 1 heterocycles. The Bertz CT molecular complexity index is 439. The minimum Gasteiger partial charge on any atom is -0.493 e. The monoisotopic (exact) mass is 218 g/mol. The molecule has 0 spiro atoms. The summed E-state index contributed by atoms with van der Waals surface area (Å²) in [5.74, 6) is 0.369. The molecule has 0 radical (unpaired) electrons. The summed E-state index contributed by atoms with van der Waals surface area (Å²) < 4.78 is 5.54. The van der Waals surface area contributed by atoms with E-state index in [-0.39, 0.29) is 11.8 Å². The third-order valence-corrected chi connectivity index (χ3v) is 3.47. The van der Waals surface area contributed by atoms with Crippen molar-refractivity contribution >= 4 is 5.97 Å². The van der Waals surface area contributed by atoms with Crippen LogP contribution in [0, 0.1) is 5.92 Å². The van der Waals surface area contributed by atoms with E-state index in [9.17, 15) is 4.79 Å². The summed E-state index contributed by atoms with van der Waals surface area (Å²) in [6.45, 7) is 0.799. The fourth-order valence-electron chi connectivity index (χ4n) is 2.45. The van der Waals surface area contributed by atoms with Crippen LogP contribution in [-0.4, -0.2) is 17.7 Å². The molecule has 84 valence electrons. The second-order valence-corrected chi connectivity index (χ2v) is 4.61. The number of hydrogen-bond acceptors (Lipinski definition) is 2. The van der Waals surface area contributed by atoms with E-state index in [0.717, 1.165) is 37.2 Å². The highest BCUT2D eigenvalue weighted by Gasteiger charge is 2.44. The minimum absolute atomic E-state index is 0.164. The molecule has 0 amide bonds. The molecular formula is C13H14O3. The van der Waals surface area contributed by atoms with Crippen LogP contribution in [0.1, 0.15) is 29.9 Å². The first-order valence-electron chi connectivity index (χ1n) is 5.74. The average Bonchev–Trinajstić information content (AvgIpc) is 3.08. The summed E-state index contributed by atoms with van der Waals surface area (Å²) in [6.07, 6.45) is 2.89. The molecule has 0 aromatic heterocycles. The summed E-state index contributed by atoms with van der Waals surface area (Å²) in [6, 6.07) is 6.13. The molecule has 1 saturated carbocycles. The van der Waals surface area contributed by atoms with Crippen molar-refractivity contribution in [2.75, 3.05) is 6.61 Å². The number of hydrogen-bond donors (Lipinski definition) is 1. The average molecular weight is 218 g/mol. The van der Waals surface area contributed by atoms with E-state index < -0.39 is 5.97 Å². The van der Waals surface area contributed by atoms with Crippen molar-refractivity contribution in [2.24, 2.45) is 5.92 Å². The van der Waals surface area contributed by atoms with Crippen LogP contribution in [-0.2, 0) is 11.2 Å². The molecule has 16 heavy (non-hydrogen) atoms. The lowest BCUT2D eigenvalue weighted by Gasteiger charge is -2.17. The van der Waals surface area contributed by atoms with Crippen molar-refractivity contribution < 1.29 is 14.6 Å². The lowest BCUT2D eigenvalue weighted by atomic mass is 10.0. The highest BCUT2D eigenvalue weighted by molar-refractivity contribution is 5.75. The molecule has 3 nitrogen and oxygen atoms in total. The van der Waals surface area contributed by atoms with E-state index in [4.69, 9.17) is 9.84 Å². The van der Waals surface area contributed by atoms with Gasteiger partial charge in [0.1, 0.15) is 5.75 Å². The second kappa shape index (κ2) is 3.51. The zero-order valence-electron chi connectivity index (χ0n) is 8.98. The Kier molecular flexibility index (Phi) is 2.13. The van der Waals surface area contributed by atoms with Crippen molar-refractivity contribution in [3.8, 4) is 5.75 Å². The molecule has 2 aliphatic rings. The second-order valence-electron chi connectivity index (χ2n) is 4.61. The molecule has 2 atom stereocenters. The van der Waals surface area contributed by atoms with Crippen LogP contribution in [0.25, 0.3) is 0 Å². The van der Waals surface area contributed by atoms with Gasteiger partial charge >= 0.3 is 5.97 Å². The Balaban J connectivity index is 1.85. The van der Waals surface area contributed by atoms with Crippen molar-refractivity contribution in [1.82, 2.24) is 0 Å². The summed E-state index contributed by atoms with van der Waals surface area (Å²) in [5.41, 5.74) is 2.40. The van der Waals surface area contributed by atoms with Crippen LogP contribution in [0.3, 0.4) is 0 Å². The number of carboxylic acids is 1. The van der Waals surface area contributed by atoms with Crippen molar-refractivity contribution in [1.29, 1.82) is 0 Å². The van der Waals surface area contributed by atoms with Gasteiger partial charge < -0.3 is 9.84 Å². The Hall–Kier alpha value is -1.51. The van der Waals surface area contributed by atoms with Crippen LogP contribution in [0.2, 0.25) is 0 Å². The quantitative estimate of drug-likeness (QED) is 0.827. The van der Waals surface area contributed by atoms with Gasteiger partial charge in [0, 0.05) is 0 Å². The van der Waals surface area contributed by atoms with E-state index in [1.807, 2.05) is 12.1 Å². The lowest BCUT2D eigenvalue weighted by molar-refractivity contribution is -0.138. The topological polar surface area (TPSA) is 46.5 Å². The highest BCUT2D eigenvalue weighted by atomic mass is 16.5. The van der Waals surface area contributed by atoms with Crippen LogP contribution >= 0.6 is 0 Å². The molecule has 3 rings (SSSR count). The van der Waals surface area contributed by atoms with Gasteiger partial charge in [-0.05, 0) is 42.4 Å². The van der Waals surface area contributed by atoms with Gasteiger partial charge in [0.05, 0.1) is 12.5 Å². The molecule has 1 aromatic rings. The van der Waals surface area contributed by atoms with Gasteiger partial charge in [0.25, 0.3) is 0 Å². The molecule has 1 fully saturated rings. The molecular weight excluding hydrogens is 204 g/mol. The van der Waals surface area contributed by atoms with Gasteiger partial charge in [0.15, 0.2) is 0 Å². The normalized spacial score (nSPS) is 26.8. The number of carbonyl (C=O) groups is 1. The lowest BCUT2D eigenvalue weighted by Crippen LogP contribution is -2.08. The Morgan fingerprint density at radius 2 is 2.31 bits per heavy atom. The maximum Gasteiger partial charge on any atom is 0.307 e. The molecule has 2 unspecified atom stereocenters. The van der Waals surface area contributed by atoms with E-state index in [1.54, 1.807) is 0 Å². The van der Waals surface area contributed by atoms with Gasteiger partial charge in [-0.2, -0.15) is 0 Å². The third-order valence-electron chi connectivity index (χ3n) is 3.47. The molecule has 1 N–H and O–H groups in total. The zero-order chi connectivity index (χ0) is 11.1. The fourth-order valence-corrected chi connectivity index (χ4v) is 2.45. The van der Waals surface area contributed by atoms with E-state index in [2.05, 4.69) is 6.07 Å². The van der Waals surface area contributed by atoms with Crippen LogP contribution < -0.4 is 4.74 Å². The third kappa shape index (κ3) is 1.56. The largest absolute Gasteiger partial charge is 0.493 e. The van der Waals surface area contributed by atoms with Crippen molar-refractivity contribution in [3.63, 3.8) is 0 Å². The minimum atomic E-state index is -0.668. The molecule has 1 aromatic carbocycles. The Labute approximate surface area is 94.0 Å². The smallest absolute Gasteiger partial charge is 0.307 e. The number of ether oxygens (including phenoxy) is 1. The molecule has 0 saturated heterocycles. The molecule has 3 heteroatoms. The predicted octanol–water partition coefficient (Wildman–Crippen LogP) is 2.20. The molecule has 1 aliphatic heterocycles. The molecule has 1 aliphatic carbocycles. The van der Waals surface area contributed by atoms with Crippen LogP contribution in [0.5, 0.6) is 5.75 Å². The first kappa shape index (κ1) is 9.70. The van der Waals surface area contributed by atoms with Crippen LogP contribution in [0.15, 0.2) is 18.2 Å². The fraction of sp³-hybridized carbons (Fsp3) is 0.462. The van der Waals surface area contributed by atoms with Crippen molar-refractivity contribution in [2.45, 2.75) is 25.2 Å². The standard InChI is InChI=1S/C13H14O3/c14-13(15)11-7-10(11)8-3-4-12-9(6-8)2-1-5-16-12/h3-4,6,10-11H,1-2,5,7H2,(H,14,15). The van der Waals surface area contributed by atoms with E-state index >= 15 is 0 Å². The number of rotatable bonds is 2. The van der Waals surface area contributed by atoms with E-state index in [0.29, 0.717) is 0 Å². The summed E-state index contributed by atoms with van der Waals surface area (Å²) >= 11 is 0. The van der Waals surface area contributed by atoms with Crippen LogP contribution in [0.4, 0.5) is 0 Å². The number of benzene rings is 1. The first-order chi connectivity index (χ1) is 7.75. The van der Waals surface area contributed by atoms with Gasteiger partial charge in [-0.15, -0.1) is 0 Å². The number of carboxylic acid groups (broad SMARTS) is 1. The van der Waals surface area contributed by atoms with Gasteiger partial charge in [-0.1, -0.05) is 12.1 Å². The predicted molar refractivity (Wildman–Crippen MR) is 58.7 cm³/mol. The summed E-state index contributed by atoms with van der Waals surface area (Å²) in [5, 5.41) is 8.90. The molecule has 0 bridgehead atoms. The number of aryl methyl sites for hydroxylation is 1. The maximum atomic E-state index is 10.8. The van der Waals surface area contributed by atoms with Gasteiger partial charge in [0.2, 0.25) is 0 Å². The van der Waals surface area contributed by atoms with Gasteiger partial charge in [-0.25, -0.2) is 0 Å². The van der Waals surface area contributed by atoms with Crippen molar-refractivity contribution in [3.05, 3.63) is 29.3 Å².